The van der Waals surface area contributed by atoms with E-state index in [1.54, 1.807) is 0 Å². The summed E-state index contributed by atoms with van der Waals surface area (Å²) < 4.78 is 12.5. The lowest BCUT2D eigenvalue weighted by molar-refractivity contribution is 0.360. The average molecular weight is 459 g/mol. The van der Waals surface area contributed by atoms with Crippen LogP contribution in [0.5, 0.6) is 11.5 Å². The van der Waals surface area contributed by atoms with Crippen LogP contribution in [-0.2, 0) is 21.7 Å². The molecule has 0 aromatic heterocycles. The zero-order valence-corrected chi connectivity index (χ0v) is 23.1. The summed E-state index contributed by atoms with van der Waals surface area (Å²) in [5.74, 6) is 1.46. The van der Waals surface area contributed by atoms with Gasteiger partial charge in [0.25, 0.3) is 0 Å². The molecule has 178 valence electrons. The summed E-state index contributed by atoms with van der Waals surface area (Å²) in [6, 6.07) is 12.5. The molecule has 0 aliphatic heterocycles. The van der Waals surface area contributed by atoms with Gasteiger partial charge in [0, 0.05) is 22.3 Å². The molecule has 2 aromatic carbocycles. The fourth-order valence-corrected chi connectivity index (χ4v) is 4.55. The van der Waals surface area contributed by atoms with E-state index in [1.807, 2.05) is 0 Å². The lowest BCUT2D eigenvalue weighted by Crippen LogP contribution is -2.20. The first-order valence-corrected chi connectivity index (χ1v) is 12.6. The van der Waals surface area contributed by atoms with E-state index in [0.717, 1.165) is 33.8 Å². The molecule has 0 spiro atoms. The summed E-state index contributed by atoms with van der Waals surface area (Å²) in [5, 5.41) is 0. The molecule has 0 aliphatic carbocycles. The quantitative estimate of drug-likeness (QED) is 0.466. The highest BCUT2D eigenvalue weighted by Gasteiger charge is 2.32. The molecule has 0 heterocycles. The lowest BCUT2D eigenvalue weighted by atomic mass is 9.79. The Morgan fingerprint density at radius 3 is 0.906 bits per heavy atom. The highest BCUT2D eigenvalue weighted by Crippen LogP contribution is 2.49. The Bertz CT molecular complexity index is 793. The van der Waals surface area contributed by atoms with Crippen molar-refractivity contribution in [2.45, 2.75) is 105 Å². The molecule has 0 bridgehead atoms. The zero-order chi connectivity index (χ0) is 24.7. The molecule has 0 saturated heterocycles. The van der Waals surface area contributed by atoms with Crippen molar-refractivity contribution < 1.29 is 13.9 Å². The first kappa shape index (κ1) is 26.7. The van der Waals surface area contributed by atoms with Gasteiger partial charge in [0.15, 0.2) is 0 Å². The molecule has 2 aromatic rings. The highest BCUT2D eigenvalue weighted by molar-refractivity contribution is 7.41. The summed E-state index contributed by atoms with van der Waals surface area (Å²) in [6.45, 7) is 25.9. The SMILES string of the molecule is CC(C)(C)c1cccc(C(C)(C)C)c1OP(O)Oc1c(C(C)(C)C)cccc1C(C)(C)C. The Balaban J connectivity index is 2.57. The van der Waals surface area contributed by atoms with Gasteiger partial charge >= 0.3 is 8.60 Å². The second-order valence-electron chi connectivity index (χ2n) is 12.8. The summed E-state index contributed by atoms with van der Waals surface area (Å²) in [5.41, 5.74) is 3.73. The predicted octanol–water partition coefficient (Wildman–Crippen LogP) is 8.55. The summed E-state index contributed by atoms with van der Waals surface area (Å²) in [6.07, 6.45) is 0. The summed E-state index contributed by atoms with van der Waals surface area (Å²) >= 11 is 0. The number of para-hydroxylation sites is 2. The first-order valence-electron chi connectivity index (χ1n) is 11.5. The van der Waals surface area contributed by atoms with Gasteiger partial charge in [-0.3, -0.25) is 0 Å². The van der Waals surface area contributed by atoms with E-state index in [9.17, 15) is 4.89 Å². The van der Waals surface area contributed by atoms with Gasteiger partial charge in [-0.05, 0) is 21.7 Å². The Morgan fingerprint density at radius 2 is 0.719 bits per heavy atom. The lowest BCUT2D eigenvalue weighted by Gasteiger charge is -2.32. The van der Waals surface area contributed by atoms with Crippen LogP contribution in [0, 0.1) is 0 Å². The molecule has 0 atom stereocenters. The Hall–Kier alpha value is -1.57. The van der Waals surface area contributed by atoms with Gasteiger partial charge in [-0.1, -0.05) is 119 Å². The van der Waals surface area contributed by atoms with E-state index in [2.05, 4.69) is 119 Å². The van der Waals surface area contributed by atoms with Crippen LogP contribution in [0.1, 0.15) is 105 Å². The molecule has 3 nitrogen and oxygen atoms in total. The maximum Gasteiger partial charge on any atom is 0.460 e. The van der Waals surface area contributed by atoms with Crippen LogP contribution in [0.15, 0.2) is 36.4 Å². The van der Waals surface area contributed by atoms with Crippen molar-refractivity contribution in [2.75, 3.05) is 0 Å². The minimum atomic E-state index is -2.19. The first-order chi connectivity index (χ1) is 14.3. The average Bonchev–Trinajstić information content (AvgIpc) is 2.58. The van der Waals surface area contributed by atoms with E-state index in [-0.39, 0.29) is 21.7 Å². The standard InChI is InChI=1S/C28H43O3P/c1-25(2,3)19-15-13-16-20(26(4,5)6)23(19)30-32(29)31-24-21(27(7,8)9)17-14-18-22(24)28(10,11)12/h13-18,29H,1-12H3. The minimum absolute atomic E-state index is 0.132. The molecular weight excluding hydrogens is 415 g/mol. The third kappa shape index (κ3) is 6.27. The molecule has 0 aliphatic rings. The number of hydrogen-bond acceptors (Lipinski definition) is 3. The fraction of sp³-hybridized carbons (Fsp3) is 0.571. The predicted molar refractivity (Wildman–Crippen MR) is 138 cm³/mol. The normalized spacial score (nSPS) is 13.4. The van der Waals surface area contributed by atoms with Crippen LogP contribution in [0.4, 0.5) is 0 Å². The second-order valence-corrected chi connectivity index (χ2v) is 13.6. The van der Waals surface area contributed by atoms with E-state index in [1.165, 1.54) is 0 Å². The third-order valence-electron chi connectivity index (χ3n) is 5.60. The Kier molecular flexibility index (Phi) is 7.50. The largest absolute Gasteiger partial charge is 0.460 e. The van der Waals surface area contributed by atoms with Crippen LogP contribution in [0.25, 0.3) is 0 Å². The van der Waals surface area contributed by atoms with E-state index < -0.39 is 8.60 Å². The van der Waals surface area contributed by atoms with Gasteiger partial charge in [0.05, 0.1) is 0 Å². The summed E-state index contributed by atoms with van der Waals surface area (Å²) in [4.78, 5) is 11.1. The van der Waals surface area contributed by atoms with Gasteiger partial charge in [-0.2, -0.15) is 0 Å². The van der Waals surface area contributed by atoms with Crippen LogP contribution in [0.3, 0.4) is 0 Å². The van der Waals surface area contributed by atoms with Gasteiger partial charge in [-0.15, -0.1) is 0 Å². The smallest absolute Gasteiger partial charge is 0.417 e. The van der Waals surface area contributed by atoms with Crippen molar-refractivity contribution in [1.29, 1.82) is 0 Å². The molecule has 0 unspecified atom stereocenters. The van der Waals surface area contributed by atoms with Crippen molar-refractivity contribution in [3.8, 4) is 11.5 Å². The Labute approximate surface area is 197 Å². The minimum Gasteiger partial charge on any atom is -0.417 e. The van der Waals surface area contributed by atoms with Gasteiger partial charge in [-0.25, -0.2) is 0 Å². The maximum absolute atomic E-state index is 11.1. The van der Waals surface area contributed by atoms with Crippen molar-refractivity contribution >= 4 is 8.60 Å². The van der Waals surface area contributed by atoms with Crippen LogP contribution in [-0.4, -0.2) is 4.89 Å². The molecular formula is C28H43O3P. The van der Waals surface area contributed by atoms with Crippen molar-refractivity contribution in [1.82, 2.24) is 0 Å². The van der Waals surface area contributed by atoms with E-state index in [4.69, 9.17) is 9.05 Å². The number of hydrogen-bond donors (Lipinski definition) is 1. The molecule has 0 fully saturated rings. The monoisotopic (exact) mass is 458 g/mol. The number of benzene rings is 2. The highest BCUT2D eigenvalue weighted by atomic mass is 31.2. The maximum atomic E-state index is 11.1. The molecule has 0 amide bonds. The van der Waals surface area contributed by atoms with Crippen LogP contribution < -0.4 is 9.05 Å². The molecule has 2 rings (SSSR count). The van der Waals surface area contributed by atoms with E-state index >= 15 is 0 Å². The van der Waals surface area contributed by atoms with Crippen molar-refractivity contribution in [3.63, 3.8) is 0 Å². The molecule has 0 radical (unpaired) electrons. The summed E-state index contributed by atoms with van der Waals surface area (Å²) in [7, 11) is -2.19. The van der Waals surface area contributed by atoms with Crippen LogP contribution in [0.2, 0.25) is 0 Å². The topological polar surface area (TPSA) is 38.7 Å². The van der Waals surface area contributed by atoms with Gasteiger partial charge in [0.1, 0.15) is 11.5 Å². The van der Waals surface area contributed by atoms with Crippen LogP contribution >= 0.6 is 8.60 Å². The molecule has 4 heteroatoms. The van der Waals surface area contributed by atoms with Crippen molar-refractivity contribution in [3.05, 3.63) is 58.7 Å². The van der Waals surface area contributed by atoms with E-state index in [0.29, 0.717) is 0 Å². The number of rotatable bonds is 4. The Morgan fingerprint density at radius 1 is 0.500 bits per heavy atom. The molecule has 0 saturated carbocycles. The molecule has 32 heavy (non-hydrogen) atoms. The molecule has 1 N–H and O–H groups in total. The van der Waals surface area contributed by atoms with Crippen molar-refractivity contribution in [2.24, 2.45) is 0 Å². The van der Waals surface area contributed by atoms with Gasteiger partial charge < -0.3 is 13.9 Å². The second kappa shape index (κ2) is 8.99. The zero-order valence-electron chi connectivity index (χ0n) is 22.2. The van der Waals surface area contributed by atoms with Gasteiger partial charge in [0.2, 0.25) is 0 Å². The fourth-order valence-electron chi connectivity index (χ4n) is 3.81. The third-order valence-corrected chi connectivity index (χ3v) is 6.28.